The first kappa shape index (κ1) is 13.1. The van der Waals surface area contributed by atoms with E-state index < -0.39 is 0 Å². The summed E-state index contributed by atoms with van der Waals surface area (Å²) in [5.41, 5.74) is 7.95. The SMILES string of the molecule is CC1(C)CCCC(Sc2cc3ccccc3[nH]2)C1N. The van der Waals surface area contributed by atoms with Gasteiger partial charge in [0.25, 0.3) is 0 Å². The van der Waals surface area contributed by atoms with Crippen LogP contribution in [-0.2, 0) is 0 Å². The van der Waals surface area contributed by atoms with Crippen LogP contribution >= 0.6 is 11.8 Å². The van der Waals surface area contributed by atoms with Gasteiger partial charge in [0.15, 0.2) is 0 Å². The van der Waals surface area contributed by atoms with Gasteiger partial charge in [-0.15, -0.1) is 11.8 Å². The summed E-state index contributed by atoms with van der Waals surface area (Å²) in [6.45, 7) is 4.60. The van der Waals surface area contributed by atoms with E-state index in [2.05, 4.69) is 49.2 Å². The molecule has 1 heterocycles. The van der Waals surface area contributed by atoms with Crippen LogP contribution in [0.3, 0.4) is 0 Å². The predicted octanol–water partition coefficient (Wildman–Crippen LogP) is 4.17. The molecule has 0 spiro atoms. The molecular weight excluding hydrogens is 252 g/mol. The monoisotopic (exact) mass is 274 g/mol. The van der Waals surface area contributed by atoms with Crippen LogP contribution in [0.5, 0.6) is 0 Å². The van der Waals surface area contributed by atoms with Crippen LogP contribution in [0.4, 0.5) is 0 Å². The van der Waals surface area contributed by atoms with Crippen LogP contribution in [0.2, 0.25) is 0 Å². The zero-order valence-electron chi connectivity index (χ0n) is 11.6. The van der Waals surface area contributed by atoms with Crippen molar-refractivity contribution in [3.63, 3.8) is 0 Å². The summed E-state index contributed by atoms with van der Waals surface area (Å²) in [6.07, 6.45) is 3.77. The number of para-hydroxylation sites is 1. The van der Waals surface area contributed by atoms with E-state index in [0.717, 1.165) is 0 Å². The Morgan fingerprint density at radius 2 is 2.11 bits per heavy atom. The van der Waals surface area contributed by atoms with Gasteiger partial charge in [-0.1, -0.05) is 38.5 Å². The van der Waals surface area contributed by atoms with Crippen molar-refractivity contribution in [2.24, 2.45) is 11.1 Å². The van der Waals surface area contributed by atoms with Gasteiger partial charge in [0.05, 0.1) is 5.03 Å². The van der Waals surface area contributed by atoms with Crippen molar-refractivity contribution in [3.8, 4) is 0 Å². The number of aromatic nitrogens is 1. The average Bonchev–Trinajstić information content (AvgIpc) is 2.77. The number of hydrogen-bond donors (Lipinski definition) is 2. The molecule has 1 aliphatic carbocycles. The minimum Gasteiger partial charge on any atom is -0.350 e. The summed E-state index contributed by atoms with van der Waals surface area (Å²) in [6, 6.07) is 11.0. The Morgan fingerprint density at radius 3 is 2.89 bits per heavy atom. The number of thioether (sulfide) groups is 1. The highest BCUT2D eigenvalue weighted by Gasteiger charge is 2.36. The second-order valence-electron chi connectivity index (χ2n) is 6.28. The number of H-pyrrole nitrogens is 1. The molecule has 1 aromatic heterocycles. The number of fused-ring (bicyclic) bond motifs is 1. The molecule has 3 heteroatoms. The van der Waals surface area contributed by atoms with Crippen LogP contribution in [0.1, 0.15) is 33.1 Å². The zero-order chi connectivity index (χ0) is 13.5. The van der Waals surface area contributed by atoms with E-state index >= 15 is 0 Å². The van der Waals surface area contributed by atoms with Crippen molar-refractivity contribution in [2.45, 2.75) is 49.4 Å². The molecule has 2 atom stereocenters. The molecule has 0 saturated heterocycles. The fraction of sp³-hybridized carbons (Fsp3) is 0.500. The molecule has 1 saturated carbocycles. The summed E-state index contributed by atoms with van der Waals surface area (Å²) in [5.74, 6) is 0. The Bertz CT molecular complexity index is 540. The molecule has 2 unspecified atom stereocenters. The first-order valence-corrected chi connectivity index (χ1v) is 7.94. The summed E-state index contributed by atoms with van der Waals surface area (Å²) >= 11 is 1.92. The highest BCUT2D eigenvalue weighted by molar-refractivity contribution is 7.99. The number of benzene rings is 1. The molecule has 2 nitrogen and oxygen atoms in total. The van der Waals surface area contributed by atoms with Crippen LogP contribution in [-0.4, -0.2) is 16.3 Å². The molecule has 1 aromatic carbocycles. The molecule has 0 bridgehead atoms. The first-order chi connectivity index (χ1) is 9.06. The van der Waals surface area contributed by atoms with Crippen molar-refractivity contribution < 1.29 is 0 Å². The molecular formula is C16H22N2S. The molecule has 19 heavy (non-hydrogen) atoms. The number of nitrogens with two attached hydrogens (primary N) is 1. The molecule has 0 aliphatic heterocycles. The Labute approximate surface area is 119 Å². The topological polar surface area (TPSA) is 41.8 Å². The normalized spacial score (nSPS) is 26.7. The van der Waals surface area contributed by atoms with Gasteiger partial charge in [0.1, 0.15) is 0 Å². The van der Waals surface area contributed by atoms with Crippen LogP contribution in [0.25, 0.3) is 10.9 Å². The molecule has 1 fully saturated rings. The third-order valence-corrected chi connectivity index (χ3v) is 5.70. The summed E-state index contributed by atoms with van der Waals surface area (Å²) in [4.78, 5) is 3.50. The van der Waals surface area contributed by atoms with Gasteiger partial charge in [-0.2, -0.15) is 0 Å². The van der Waals surface area contributed by atoms with E-state index in [1.807, 2.05) is 11.8 Å². The molecule has 3 rings (SSSR count). The van der Waals surface area contributed by atoms with E-state index in [1.165, 1.54) is 35.2 Å². The Hall–Kier alpha value is -0.930. The molecule has 3 N–H and O–H groups in total. The lowest BCUT2D eigenvalue weighted by molar-refractivity contribution is 0.208. The maximum Gasteiger partial charge on any atom is 0.0735 e. The lowest BCUT2D eigenvalue weighted by Gasteiger charge is -2.41. The smallest absolute Gasteiger partial charge is 0.0735 e. The molecule has 2 aromatic rings. The number of nitrogens with one attached hydrogen (secondary N) is 1. The first-order valence-electron chi connectivity index (χ1n) is 7.06. The van der Waals surface area contributed by atoms with Gasteiger partial charge in [0.2, 0.25) is 0 Å². The van der Waals surface area contributed by atoms with Gasteiger partial charge >= 0.3 is 0 Å². The average molecular weight is 274 g/mol. The Kier molecular flexibility index (Phi) is 3.35. The Balaban J connectivity index is 1.80. The number of aromatic amines is 1. The highest BCUT2D eigenvalue weighted by atomic mass is 32.2. The lowest BCUT2D eigenvalue weighted by Crippen LogP contribution is -2.48. The largest absolute Gasteiger partial charge is 0.350 e. The number of hydrogen-bond acceptors (Lipinski definition) is 2. The van der Waals surface area contributed by atoms with Crippen LogP contribution in [0.15, 0.2) is 35.4 Å². The third kappa shape index (κ3) is 2.54. The molecule has 0 amide bonds. The summed E-state index contributed by atoms with van der Waals surface area (Å²) < 4.78 is 0. The molecule has 102 valence electrons. The second kappa shape index (κ2) is 4.88. The zero-order valence-corrected chi connectivity index (χ0v) is 12.5. The second-order valence-corrected chi connectivity index (χ2v) is 7.56. The third-order valence-electron chi connectivity index (χ3n) is 4.40. The van der Waals surface area contributed by atoms with E-state index in [4.69, 9.17) is 5.73 Å². The van der Waals surface area contributed by atoms with E-state index in [0.29, 0.717) is 5.25 Å². The van der Waals surface area contributed by atoms with E-state index in [-0.39, 0.29) is 11.5 Å². The molecule has 0 radical (unpaired) electrons. The van der Waals surface area contributed by atoms with Crippen LogP contribution < -0.4 is 5.73 Å². The maximum atomic E-state index is 6.46. The van der Waals surface area contributed by atoms with E-state index in [9.17, 15) is 0 Å². The quantitative estimate of drug-likeness (QED) is 0.863. The minimum absolute atomic E-state index is 0.266. The van der Waals surface area contributed by atoms with Crippen LogP contribution in [0, 0.1) is 5.41 Å². The fourth-order valence-corrected chi connectivity index (χ4v) is 4.50. The van der Waals surface area contributed by atoms with Gasteiger partial charge in [-0.3, -0.25) is 0 Å². The van der Waals surface area contributed by atoms with Gasteiger partial charge < -0.3 is 10.7 Å². The van der Waals surface area contributed by atoms with Crippen molar-refractivity contribution >= 4 is 22.7 Å². The van der Waals surface area contributed by atoms with Crippen molar-refractivity contribution in [1.82, 2.24) is 4.98 Å². The highest BCUT2D eigenvalue weighted by Crippen LogP contribution is 2.41. The maximum absolute atomic E-state index is 6.46. The summed E-state index contributed by atoms with van der Waals surface area (Å²) in [7, 11) is 0. The molecule has 1 aliphatic rings. The van der Waals surface area contributed by atoms with Gasteiger partial charge in [-0.05, 0) is 30.4 Å². The number of rotatable bonds is 2. The van der Waals surface area contributed by atoms with Crippen molar-refractivity contribution in [3.05, 3.63) is 30.3 Å². The Morgan fingerprint density at radius 1 is 1.32 bits per heavy atom. The van der Waals surface area contributed by atoms with E-state index in [1.54, 1.807) is 0 Å². The minimum atomic E-state index is 0.266. The van der Waals surface area contributed by atoms with Crippen molar-refractivity contribution in [1.29, 1.82) is 0 Å². The van der Waals surface area contributed by atoms with Gasteiger partial charge in [0, 0.05) is 22.2 Å². The predicted molar refractivity (Wildman–Crippen MR) is 83.6 cm³/mol. The van der Waals surface area contributed by atoms with Crippen molar-refractivity contribution in [2.75, 3.05) is 0 Å². The summed E-state index contributed by atoms with van der Waals surface area (Å²) in [5, 5.41) is 3.06. The lowest BCUT2D eigenvalue weighted by atomic mass is 9.73. The standard InChI is InChI=1S/C16H22N2S/c1-16(2)9-5-8-13(15(16)17)19-14-10-11-6-3-4-7-12(11)18-14/h3-4,6-7,10,13,15,18H,5,8-9,17H2,1-2H3. The van der Waals surface area contributed by atoms with Gasteiger partial charge in [-0.25, -0.2) is 0 Å². The fourth-order valence-electron chi connectivity index (χ4n) is 3.01.